The summed E-state index contributed by atoms with van der Waals surface area (Å²) in [5.41, 5.74) is 1.15. The maximum Gasteiger partial charge on any atom is 0.305 e. The van der Waals surface area contributed by atoms with Crippen molar-refractivity contribution in [1.82, 2.24) is 0 Å². The van der Waals surface area contributed by atoms with Crippen molar-refractivity contribution in [2.24, 2.45) is 17.8 Å². The van der Waals surface area contributed by atoms with Gasteiger partial charge in [0.15, 0.2) is 8.32 Å². The molecule has 0 bridgehead atoms. The molecule has 238 valence electrons. The van der Waals surface area contributed by atoms with Crippen LogP contribution in [0.3, 0.4) is 0 Å². The molecule has 0 amide bonds. The van der Waals surface area contributed by atoms with E-state index in [9.17, 15) is 4.79 Å². The molecule has 0 spiro atoms. The molecule has 0 aliphatic heterocycles. The molecule has 0 radical (unpaired) electrons. The largest absolute Gasteiger partial charge is 0.462 e. The van der Waals surface area contributed by atoms with Gasteiger partial charge in [-0.25, -0.2) is 0 Å². The molecule has 0 aromatic heterocycles. The van der Waals surface area contributed by atoms with Gasteiger partial charge in [0.2, 0.25) is 0 Å². The summed E-state index contributed by atoms with van der Waals surface area (Å²) in [5.74, 6) is 0.280. The summed E-state index contributed by atoms with van der Waals surface area (Å²) in [6.07, 6.45) is 3.73. The highest BCUT2D eigenvalue weighted by atomic mass is 28.4. The first kappa shape index (κ1) is 37.8. The summed E-state index contributed by atoms with van der Waals surface area (Å²) in [5, 5.41) is 0.169. The van der Waals surface area contributed by atoms with Crippen LogP contribution in [0.15, 0.2) is 30.3 Å². The van der Waals surface area contributed by atoms with Gasteiger partial charge >= 0.3 is 5.97 Å². The number of carbonyl (C=O) groups is 1. The van der Waals surface area contributed by atoms with Gasteiger partial charge in [-0.1, -0.05) is 85.7 Å². The smallest absolute Gasteiger partial charge is 0.305 e. The first-order valence-corrected chi connectivity index (χ1v) is 18.7. The third-order valence-electron chi connectivity index (χ3n) is 9.06. The Morgan fingerprint density at radius 3 is 2.05 bits per heavy atom. The summed E-state index contributed by atoms with van der Waals surface area (Å²) in [6, 6.07) is 10.2. The highest BCUT2D eigenvalue weighted by Crippen LogP contribution is 2.38. The van der Waals surface area contributed by atoms with E-state index in [1.165, 1.54) is 0 Å². The van der Waals surface area contributed by atoms with Crippen molar-refractivity contribution in [1.29, 1.82) is 0 Å². The maximum absolute atomic E-state index is 12.4. The predicted octanol–water partition coefficient (Wildman–Crippen LogP) is 8.43. The van der Waals surface area contributed by atoms with Gasteiger partial charge in [-0.3, -0.25) is 4.79 Å². The lowest BCUT2D eigenvalue weighted by Gasteiger charge is -2.40. The second-order valence-corrected chi connectivity index (χ2v) is 18.1. The second-order valence-electron chi connectivity index (χ2n) is 13.4. The highest BCUT2D eigenvalue weighted by molar-refractivity contribution is 6.74. The third kappa shape index (κ3) is 12.9. The quantitative estimate of drug-likeness (QED) is 0.112. The normalized spacial score (nSPS) is 17.8. The lowest BCUT2D eigenvalue weighted by Crippen LogP contribution is -2.45. The fourth-order valence-electron chi connectivity index (χ4n) is 5.21. The van der Waals surface area contributed by atoms with Gasteiger partial charge in [0.05, 0.1) is 25.4 Å². The predicted molar refractivity (Wildman–Crippen MR) is 172 cm³/mol. The van der Waals surface area contributed by atoms with Crippen LogP contribution < -0.4 is 0 Å². The van der Waals surface area contributed by atoms with Crippen LogP contribution in [0.4, 0.5) is 0 Å². The zero-order valence-corrected chi connectivity index (χ0v) is 29.3. The van der Waals surface area contributed by atoms with E-state index in [-0.39, 0.29) is 47.3 Å². The molecule has 0 saturated carbocycles. The Balaban J connectivity index is 2.86. The van der Waals surface area contributed by atoms with Crippen molar-refractivity contribution >= 4 is 14.3 Å². The number of hydrogen-bond acceptors (Lipinski definition) is 6. The SMILES string of the molecule is CCC(=O)O[C@@H](CC[C@H](C)[C@H](C[C@@H](CC)O[Si](C)(C)C(C)(C)C)OC)[C@H](C)[C@H](OC)[C@H](C)COCc1ccccc1. The Hall–Kier alpha value is -1.25. The van der Waals surface area contributed by atoms with Crippen LogP contribution in [0.1, 0.15) is 93.1 Å². The summed E-state index contributed by atoms with van der Waals surface area (Å²) >= 11 is 0. The molecule has 6 nitrogen and oxygen atoms in total. The number of hydrogen-bond donors (Lipinski definition) is 0. The van der Waals surface area contributed by atoms with Gasteiger partial charge in [-0.05, 0) is 55.3 Å². The van der Waals surface area contributed by atoms with E-state index in [0.29, 0.717) is 25.6 Å². The molecule has 0 fully saturated rings. The summed E-state index contributed by atoms with van der Waals surface area (Å²) in [4.78, 5) is 12.4. The summed E-state index contributed by atoms with van der Waals surface area (Å²) < 4.78 is 30.8. The topological polar surface area (TPSA) is 63.2 Å². The Morgan fingerprint density at radius 1 is 0.902 bits per heavy atom. The van der Waals surface area contributed by atoms with E-state index in [1.807, 2.05) is 25.1 Å². The summed E-state index contributed by atoms with van der Waals surface area (Å²) in [7, 11) is 1.67. The number of methoxy groups -OCH3 is 2. The molecule has 1 aromatic rings. The lowest BCUT2D eigenvalue weighted by atomic mass is 9.85. The first-order chi connectivity index (χ1) is 19.2. The Kier molecular flexibility index (Phi) is 17.0. The van der Waals surface area contributed by atoms with Gasteiger partial charge in [-0.15, -0.1) is 0 Å². The molecule has 0 aliphatic rings. The van der Waals surface area contributed by atoms with Crippen LogP contribution in [-0.2, 0) is 34.8 Å². The molecule has 0 aliphatic carbocycles. The van der Waals surface area contributed by atoms with E-state index >= 15 is 0 Å². The summed E-state index contributed by atoms with van der Waals surface area (Å²) in [6.45, 7) is 23.2. The van der Waals surface area contributed by atoms with Gasteiger partial charge in [0.1, 0.15) is 6.10 Å². The standard InChI is InChI=1S/C34H62O6Si/c1-13-29(40-41(11,12)34(6,7)8)22-31(36-9)25(3)20-21-30(39-32(35)14-2)27(5)33(37-10)26(4)23-38-24-28-18-16-15-17-19-28/h15-19,25-27,29-31,33H,13-14,20-24H2,1-12H3/t25-,26+,27-,29+,30-,31-,33+/m0/s1. The van der Waals surface area contributed by atoms with Crippen molar-refractivity contribution < 1.29 is 28.2 Å². The Labute approximate surface area is 253 Å². The lowest BCUT2D eigenvalue weighted by molar-refractivity contribution is -0.156. The minimum atomic E-state index is -1.87. The van der Waals surface area contributed by atoms with Gasteiger partial charge in [-0.2, -0.15) is 0 Å². The Morgan fingerprint density at radius 2 is 1.54 bits per heavy atom. The molecule has 0 N–H and O–H groups in total. The van der Waals surface area contributed by atoms with Crippen molar-refractivity contribution in [3.8, 4) is 0 Å². The van der Waals surface area contributed by atoms with Crippen LogP contribution >= 0.6 is 0 Å². The zero-order chi connectivity index (χ0) is 31.2. The maximum atomic E-state index is 12.4. The van der Waals surface area contributed by atoms with Crippen molar-refractivity contribution in [2.75, 3.05) is 20.8 Å². The third-order valence-corrected chi connectivity index (χ3v) is 13.6. The van der Waals surface area contributed by atoms with Crippen LogP contribution in [0.25, 0.3) is 0 Å². The second kappa shape index (κ2) is 18.4. The van der Waals surface area contributed by atoms with Crippen molar-refractivity contribution in [2.45, 2.75) is 137 Å². The number of benzene rings is 1. The molecule has 7 heteroatoms. The Bertz CT molecular complexity index is 839. The van der Waals surface area contributed by atoms with E-state index < -0.39 is 8.32 Å². The number of carbonyl (C=O) groups excluding carboxylic acids is 1. The van der Waals surface area contributed by atoms with E-state index in [1.54, 1.807) is 14.2 Å². The molecule has 1 rings (SSSR count). The molecule has 0 saturated heterocycles. The first-order valence-electron chi connectivity index (χ1n) is 15.7. The molecule has 0 heterocycles. The number of esters is 1. The van der Waals surface area contributed by atoms with Gasteiger partial charge < -0.3 is 23.4 Å². The zero-order valence-electron chi connectivity index (χ0n) is 28.3. The molecule has 1 aromatic carbocycles. The average Bonchev–Trinajstić information content (AvgIpc) is 2.92. The van der Waals surface area contributed by atoms with Crippen molar-refractivity contribution in [3.63, 3.8) is 0 Å². The average molecular weight is 595 g/mol. The molecule has 0 unspecified atom stereocenters. The molecular weight excluding hydrogens is 532 g/mol. The van der Waals surface area contributed by atoms with Crippen LogP contribution in [0.2, 0.25) is 18.1 Å². The molecule has 7 atom stereocenters. The van der Waals surface area contributed by atoms with Crippen LogP contribution in [0.5, 0.6) is 0 Å². The fraction of sp³-hybridized carbons (Fsp3) is 0.794. The molecule has 41 heavy (non-hydrogen) atoms. The van der Waals surface area contributed by atoms with Crippen LogP contribution in [-0.4, -0.2) is 59.5 Å². The van der Waals surface area contributed by atoms with E-state index in [4.69, 9.17) is 23.4 Å². The minimum Gasteiger partial charge on any atom is -0.462 e. The highest BCUT2D eigenvalue weighted by Gasteiger charge is 2.39. The van der Waals surface area contributed by atoms with Crippen LogP contribution in [0, 0.1) is 17.8 Å². The number of rotatable bonds is 20. The fourth-order valence-corrected chi connectivity index (χ4v) is 6.66. The van der Waals surface area contributed by atoms with Gasteiger partial charge in [0.25, 0.3) is 0 Å². The number of ether oxygens (including phenoxy) is 4. The van der Waals surface area contributed by atoms with Crippen molar-refractivity contribution in [3.05, 3.63) is 35.9 Å². The molecular formula is C34H62O6Si. The van der Waals surface area contributed by atoms with E-state index in [0.717, 1.165) is 31.2 Å². The monoisotopic (exact) mass is 594 g/mol. The minimum absolute atomic E-state index is 0.0179. The van der Waals surface area contributed by atoms with E-state index in [2.05, 4.69) is 73.7 Å². The van der Waals surface area contributed by atoms with Gasteiger partial charge in [0, 0.05) is 38.6 Å².